The molecular formula is C15H17NO2. The van der Waals surface area contributed by atoms with E-state index in [1.807, 2.05) is 24.3 Å². The molecule has 0 fully saturated rings. The Hall–Kier alpha value is -2.03. The van der Waals surface area contributed by atoms with Crippen molar-refractivity contribution >= 4 is 22.4 Å². The van der Waals surface area contributed by atoms with Crippen molar-refractivity contribution in [3.63, 3.8) is 0 Å². The Bertz CT molecular complexity index is 602. The van der Waals surface area contributed by atoms with E-state index >= 15 is 0 Å². The molecule has 3 nitrogen and oxygen atoms in total. The second kappa shape index (κ2) is 4.33. The summed E-state index contributed by atoms with van der Waals surface area (Å²) in [4.78, 5) is 11.1. The van der Waals surface area contributed by atoms with Gasteiger partial charge in [0.15, 0.2) is 0 Å². The number of carboxylic acids is 1. The summed E-state index contributed by atoms with van der Waals surface area (Å²) in [5.74, 6) is -0.869. The molecule has 0 spiro atoms. The highest BCUT2D eigenvalue weighted by molar-refractivity contribution is 5.88. The van der Waals surface area contributed by atoms with Crippen LogP contribution >= 0.6 is 0 Å². The van der Waals surface area contributed by atoms with Gasteiger partial charge >= 0.3 is 5.97 Å². The minimum Gasteiger partial charge on any atom is -0.480 e. The maximum atomic E-state index is 11.1. The van der Waals surface area contributed by atoms with E-state index in [1.165, 1.54) is 5.56 Å². The fraction of sp³-hybridized carbons (Fsp3) is 0.267. The molecule has 0 unspecified atom stereocenters. The third kappa shape index (κ3) is 2.45. The first kappa shape index (κ1) is 12.4. The van der Waals surface area contributed by atoms with Crippen LogP contribution in [0.1, 0.15) is 19.4 Å². The molecule has 0 aliphatic rings. The molecule has 0 saturated carbocycles. The number of aliphatic carboxylic acids is 1. The van der Waals surface area contributed by atoms with Crippen molar-refractivity contribution in [1.29, 1.82) is 0 Å². The van der Waals surface area contributed by atoms with Crippen LogP contribution in [0.3, 0.4) is 0 Å². The summed E-state index contributed by atoms with van der Waals surface area (Å²) in [6, 6.07) is 12.1. The van der Waals surface area contributed by atoms with Crippen LogP contribution in [0.25, 0.3) is 10.8 Å². The predicted molar refractivity (Wildman–Crippen MR) is 74.0 cm³/mol. The van der Waals surface area contributed by atoms with Crippen molar-refractivity contribution in [1.82, 2.24) is 0 Å². The van der Waals surface area contributed by atoms with Crippen LogP contribution < -0.4 is 5.32 Å². The van der Waals surface area contributed by atoms with Crippen LogP contribution in [0.5, 0.6) is 0 Å². The van der Waals surface area contributed by atoms with Gasteiger partial charge in [0.25, 0.3) is 0 Å². The Morgan fingerprint density at radius 3 is 2.39 bits per heavy atom. The molecule has 0 heterocycles. The van der Waals surface area contributed by atoms with Crippen LogP contribution in [0, 0.1) is 6.92 Å². The number of benzene rings is 2. The lowest BCUT2D eigenvalue weighted by Gasteiger charge is -2.22. The standard InChI is InChI=1S/C15H17NO2/c1-10-4-5-12-9-13(7-6-11(12)8-10)16-15(2,3)14(17)18/h4-9,16H,1-3H3,(H,17,18). The predicted octanol–water partition coefficient (Wildman–Crippen LogP) is 3.42. The number of hydrogen-bond donors (Lipinski definition) is 2. The number of nitrogens with one attached hydrogen (secondary N) is 1. The molecule has 0 saturated heterocycles. The van der Waals surface area contributed by atoms with Gasteiger partial charge in [0.1, 0.15) is 5.54 Å². The molecule has 94 valence electrons. The van der Waals surface area contributed by atoms with Gasteiger partial charge in [0.05, 0.1) is 0 Å². The van der Waals surface area contributed by atoms with Gasteiger partial charge in [0.2, 0.25) is 0 Å². The molecule has 2 N–H and O–H groups in total. The smallest absolute Gasteiger partial charge is 0.328 e. The number of fused-ring (bicyclic) bond motifs is 1. The molecule has 0 aliphatic carbocycles. The normalized spacial score (nSPS) is 11.5. The van der Waals surface area contributed by atoms with Crippen molar-refractivity contribution in [3.8, 4) is 0 Å². The number of carboxylic acid groups (broad SMARTS) is 1. The summed E-state index contributed by atoms with van der Waals surface area (Å²) < 4.78 is 0. The zero-order chi connectivity index (χ0) is 13.3. The summed E-state index contributed by atoms with van der Waals surface area (Å²) in [7, 11) is 0. The SMILES string of the molecule is Cc1ccc2cc(NC(C)(C)C(=O)O)ccc2c1. The van der Waals surface area contributed by atoms with Gasteiger partial charge in [-0.1, -0.05) is 29.8 Å². The third-order valence-corrected chi connectivity index (χ3v) is 2.99. The molecule has 2 aromatic carbocycles. The molecule has 0 amide bonds. The van der Waals surface area contributed by atoms with Gasteiger partial charge in [-0.2, -0.15) is 0 Å². The summed E-state index contributed by atoms with van der Waals surface area (Å²) in [5, 5.41) is 14.4. The number of aryl methyl sites for hydroxylation is 1. The van der Waals surface area contributed by atoms with Crippen LogP contribution in [0.15, 0.2) is 36.4 Å². The fourth-order valence-corrected chi connectivity index (χ4v) is 1.86. The van der Waals surface area contributed by atoms with E-state index in [-0.39, 0.29) is 0 Å². The highest BCUT2D eigenvalue weighted by Gasteiger charge is 2.26. The Labute approximate surface area is 106 Å². The lowest BCUT2D eigenvalue weighted by Crippen LogP contribution is -2.39. The Morgan fingerprint density at radius 2 is 1.72 bits per heavy atom. The number of anilines is 1. The molecular weight excluding hydrogens is 226 g/mol. The summed E-state index contributed by atoms with van der Waals surface area (Å²) >= 11 is 0. The molecule has 0 aliphatic heterocycles. The number of carbonyl (C=O) groups is 1. The van der Waals surface area contributed by atoms with E-state index in [2.05, 4.69) is 24.4 Å². The Balaban J connectivity index is 2.36. The topological polar surface area (TPSA) is 49.3 Å². The first-order chi connectivity index (χ1) is 8.38. The lowest BCUT2D eigenvalue weighted by atomic mass is 10.0. The molecule has 0 radical (unpaired) electrons. The molecule has 3 heteroatoms. The van der Waals surface area contributed by atoms with Gasteiger partial charge in [-0.25, -0.2) is 4.79 Å². The van der Waals surface area contributed by atoms with Crippen LogP contribution in [-0.2, 0) is 4.79 Å². The highest BCUT2D eigenvalue weighted by Crippen LogP contribution is 2.22. The number of hydrogen-bond acceptors (Lipinski definition) is 2. The van der Waals surface area contributed by atoms with Gasteiger partial charge in [-0.05, 0) is 43.7 Å². The van der Waals surface area contributed by atoms with Gasteiger partial charge in [0, 0.05) is 5.69 Å². The van der Waals surface area contributed by atoms with Gasteiger partial charge < -0.3 is 10.4 Å². The van der Waals surface area contributed by atoms with E-state index in [0.29, 0.717) is 0 Å². The second-order valence-electron chi connectivity index (χ2n) is 5.12. The monoisotopic (exact) mass is 243 g/mol. The molecule has 0 aromatic heterocycles. The van der Waals surface area contributed by atoms with Gasteiger partial charge in [-0.15, -0.1) is 0 Å². The fourth-order valence-electron chi connectivity index (χ4n) is 1.86. The molecule has 2 aromatic rings. The van der Waals surface area contributed by atoms with E-state index < -0.39 is 11.5 Å². The summed E-state index contributed by atoms with van der Waals surface area (Å²) in [5.41, 5.74) is 1.06. The third-order valence-electron chi connectivity index (χ3n) is 2.99. The van der Waals surface area contributed by atoms with Crippen molar-refractivity contribution in [2.24, 2.45) is 0 Å². The van der Waals surface area contributed by atoms with Crippen molar-refractivity contribution in [3.05, 3.63) is 42.0 Å². The van der Waals surface area contributed by atoms with Crippen LogP contribution in [0.4, 0.5) is 5.69 Å². The van der Waals surface area contributed by atoms with Crippen molar-refractivity contribution in [2.75, 3.05) is 5.32 Å². The number of rotatable bonds is 3. The average molecular weight is 243 g/mol. The average Bonchev–Trinajstić information content (AvgIpc) is 2.28. The maximum absolute atomic E-state index is 11.1. The zero-order valence-electron chi connectivity index (χ0n) is 10.8. The summed E-state index contributed by atoms with van der Waals surface area (Å²) in [6.45, 7) is 5.35. The van der Waals surface area contributed by atoms with E-state index in [1.54, 1.807) is 13.8 Å². The largest absolute Gasteiger partial charge is 0.480 e. The zero-order valence-corrected chi connectivity index (χ0v) is 10.8. The lowest BCUT2D eigenvalue weighted by molar-refractivity contribution is -0.141. The quantitative estimate of drug-likeness (QED) is 0.868. The van der Waals surface area contributed by atoms with E-state index in [4.69, 9.17) is 5.11 Å². The Kier molecular flexibility index (Phi) is 2.99. The minimum atomic E-state index is -0.974. The summed E-state index contributed by atoms with van der Waals surface area (Å²) in [6.07, 6.45) is 0. The first-order valence-electron chi connectivity index (χ1n) is 5.90. The molecule has 2 rings (SSSR count). The molecule has 18 heavy (non-hydrogen) atoms. The molecule has 0 atom stereocenters. The highest BCUT2D eigenvalue weighted by atomic mass is 16.4. The first-order valence-corrected chi connectivity index (χ1v) is 5.90. The molecule has 0 bridgehead atoms. The Morgan fingerprint density at radius 1 is 1.11 bits per heavy atom. The van der Waals surface area contributed by atoms with E-state index in [9.17, 15) is 4.79 Å². The van der Waals surface area contributed by atoms with Crippen LogP contribution in [0.2, 0.25) is 0 Å². The minimum absolute atomic E-state index is 0.818. The maximum Gasteiger partial charge on any atom is 0.328 e. The van der Waals surface area contributed by atoms with Gasteiger partial charge in [-0.3, -0.25) is 0 Å². The van der Waals surface area contributed by atoms with Crippen molar-refractivity contribution in [2.45, 2.75) is 26.3 Å². The van der Waals surface area contributed by atoms with E-state index in [0.717, 1.165) is 16.5 Å². The van der Waals surface area contributed by atoms with Crippen LogP contribution in [-0.4, -0.2) is 16.6 Å². The van der Waals surface area contributed by atoms with Crippen molar-refractivity contribution < 1.29 is 9.90 Å². The second-order valence-corrected chi connectivity index (χ2v) is 5.12.